The zero-order valence-corrected chi connectivity index (χ0v) is 20.9. The monoisotopic (exact) mass is 548 g/mol. The molecule has 0 unspecified atom stereocenters. The van der Waals surface area contributed by atoms with Gasteiger partial charge in [0, 0.05) is 22.4 Å². The quantitative estimate of drug-likeness (QED) is 0.274. The molecule has 4 aromatic rings. The lowest BCUT2D eigenvalue weighted by atomic mass is 10.1. The molecule has 0 atom stereocenters. The number of hydrogen-bond acceptors (Lipinski definition) is 3. The smallest absolute Gasteiger partial charge is 0.176 e. The Labute approximate surface area is 209 Å². The Morgan fingerprint density at radius 3 is 2.56 bits per heavy atom. The van der Waals surface area contributed by atoms with E-state index >= 15 is 0 Å². The van der Waals surface area contributed by atoms with Gasteiger partial charge in [-0.05, 0) is 58.3 Å². The van der Waals surface area contributed by atoms with Crippen LogP contribution in [0.25, 0.3) is 0 Å². The maximum Gasteiger partial charge on any atom is 0.176 e. The first-order chi connectivity index (χ1) is 15.4. The Morgan fingerprint density at radius 1 is 1.03 bits per heavy atom. The molecule has 0 spiro atoms. The maximum atomic E-state index is 6.25. The van der Waals surface area contributed by atoms with Crippen molar-refractivity contribution in [3.63, 3.8) is 0 Å². The van der Waals surface area contributed by atoms with Crippen LogP contribution in [0.5, 0.6) is 0 Å². The molecule has 32 heavy (non-hydrogen) atoms. The minimum absolute atomic E-state index is 0.412. The lowest BCUT2D eigenvalue weighted by Gasteiger charge is -2.07. The largest absolute Gasteiger partial charge is 0.330 e. The molecule has 6 nitrogen and oxygen atoms in total. The molecule has 0 fully saturated rings. The van der Waals surface area contributed by atoms with Crippen LogP contribution in [0.3, 0.4) is 0 Å². The molecular weight excluding hydrogens is 531 g/mol. The fraction of sp³-hybridized carbons (Fsp3) is 0.136. The minimum atomic E-state index is 0.412. The van der Waals surface area contributed by atoms with Gasteiger partial charge in [0.25, 0.3) is 0 Å². The van der Waals surface area contributed by atoms with Gasteiger partial charge in [-0.2, -0.15) is 10.2 Å². The molecule has 0 saturated carbocycles. The molecule has 0 radical (unpaired) electrons. The zero-order valence-electron chi connectivity index (χ0n) is 17.0. The van der Waals surface area contributed by atoms with E-state index in [1.54, 1.807) is 23.0 Å². The van der Waals surface area contributed by atoms with Gasteiger partial charge in [0.2, 0.25) is 0 Å². The Balaban J connectivity index is 1.36. The fourth-order valence-electron chi connectivity index (χ4n) is 3.05. The van der Waals surface area contributed by atoms with Gasteiger partial charge >= 0.3 is 0 Å². The van der Waals surface area contributed by atoms with Crippen molar-refractivity contribution in [3.8, 4) is 0 Å². The Morgan fingerprint density at radius 2 is 1.81 bits per heavy atom. The number of hydrogen-bond donors (Lipinski definition) is 2. The highest BCUT2D eigenvalue weighted by atomic mass is 79.9. The standard InChI is InChI=1S/C22H19BrCl2N6S/c1-14-2-4-15(5-3-14)10-31-13-19(23)21(29-31)28-22(32)27-18-9-26-30(12-18)11-16-6-7-17(24)8-20(16)25/h2-9,12-13H,10-11H2,1H3,(H2,27,28,29,32). The molecule has 0 bridgehead atoms. The summed E-state index contributed by atoms with van der Waals surface area (Å²) in [6, 6.07) is 13.8. The van der Waals surface area contributed by atoms with Gasteiger partial charge in [0.15, 0.2) is 10.9 Å². The third-order valence-electron chi connectivity index (χ3n) is 4.65. The van der Waals surface area contributed by atoms with Crippen LogP contribution in [-0.4, -0.2) is 24.7 Å². The number of rotatable bonds is 6. The van der Waals surface area contributed by atoms with E-state index in [1.807, 2.05) is 23.1 Å². The van der Waals surface area contributed by atoms with Crippen LogP contribution in [0.4, 0.5) is 11.5 Å². The summed E-state index contributed by atoms with van der Waals surface area (Å²) in [6.45, 7) is 3.26. The summed E-state index contributed by atoms with van der Waals surface area (Å²) in [7, 11) is 0. The van der Waals surface area contributed by atoms with Crippen molar-refractivity contribution in [1.29, 1.82) is 0 Å². The van der Waals surface area contributed by atoms with Gasteiger partial charge in [-0.25, -0.2) is 0 Å². The van der Waals surface area contributed by atoms with Crippen molar-refractivity contribution in [2.24, 2.45) is 0 Å². The van der Waals surface area contributed by atoms with Gasteiger partial charge in [-0.15, -0.1) is 0 Å². The lowest BCUT2D eigenvalue weighted by Crippen LogP contribution is -2.19. The van der Waals surface area contributed by atoms with Crippen molar-refractivity contribution in [2.75, 3.05) is 10.6 Å². The normalized spacial score (nSPS) is 10.9. The van der Waals surface area contributed by atoms with Gasteiger partial charge in [0.05, 0.1) is 29.4 Å². The third kappa shape index (κ3) is 5.89. The zero-order chi connectivity index (χ0) is 22.7. The lowest BCUT2D eigenvalue weighted by molar-refractivity contribution is 0.687. The molecular formula is C22H19BrCl2N6S. The number of aryl methyl sites for hydroxylation is 1. The second kappa shape index (κ2) is 10.0. The van der Waals surface area contributed by atoms with Gasteiger partial charge in [-0.1, -0.05) is 59.1 Å². The van der Waals surface area contributed by atoms with E-state index in [9.17, 15) is 0 Å². The number of nitrogens with one attached hydrogen (secondary N) is 2. The first-order valence-corrected chi connectivity index (χ1v) is 11.6. The second-order valence-corrected chi connectivity index (χ2v) is 9.36. The fourth-order valence-corrected chi connectivity index (χ4v) is 4.15. The Kier molecular flexibility index (Phi) is 7.15. The number of benzene rings is 2. The summed E-state index contributed by atoms with van der Waals surface area (Å²) in [5, 5.41) is 16.8. The number of thiocarbonyl (C=S) groups is 1. The Hall–Kier alpha value is -2.39. The van der Waals surface area contributed by atoms with Crippen LogP contribution in [0.2, 0.25) is 10.0 Å². The molecule has 0 aliphatic carbocycles. The van der Waals surface area contributed by atoms with Crippen molar-refractivity contribution in [1.82, 2.24) is 19.6 Å². The van der Waals surface area contributed by atoms with Crippen molar-refractivity contribution in [2.45, 2.75) is 20.0 Å². The van der Waals surface area contributed by atoms with Crippen LogP contribution in [-0.2, 0) is 13.1 Å². The topological polar surface area (TPSA) is 59.7 Å². The summed E-state index contributed by atoms with van der Waals surface area (Å²) in [5.41, 5.74) is 4.08. The summed E-state index contributed by atoms with van der Waals surface area (Å²) in [6.07, 6.45) is 5.46. The highest BCUT2D eigenvalue weighted by molar-refractivity contribution is 9.10. The van der Waals surface area contributed by atoms with E-state index in [0.717, 1.165) is 15.7 Å². The van der Waals surface area contributed by atoms with E-state index in [4.69, 9.17) is 35.4 Å². The predicted octanol–water partition coefficient (Wildman–Crippen LogP) is 6.36. The highest BCUT2D eigenvalue weighted by Crippen LogP contribution is 2.23. The molecule has 0 amide bonds. The van der Waals surface area contributed by atoms with E-state index in [-0.39, 0.29) is 0 Å². The number of anilines is 2. The van der Waals surface area contributed by atoms with Crippen LogP contribution in [0.1, 0.15) is 16.7 Å². The SMILES string of the molecule is Cc1ccc(Cn2cc(Br)c(NC(=S)Nc3cnn(Cc4ccc(Cl)cc4Cl)c3)n2)cc1. The summed E-state index contributed by atoms with van der Waals surface area (Å²) in [5.74, 6) is 0.634. The van der Waals surface area contributed by atoms with Gasteiger partial charge in [0.1, 0.15) is 0 Å². The minimum Gasteiger partial charge on any atom is -0.330 e. The molecule has 10 heteroatoms. The molecule has 2 N–H and O–H groups in total. The summed E-state index contributed by atoms with van der Waals surface area (Å²) >= 11 is 21.2. The molecule has 0 aliphatic heterocycles. The average molecular weight is 550 g/mol. The maximum absolute atomic E-state index is 6.25. The highest BCUT2D eigenvalue weighted by Gasteiger charge is 2.10. The van der Waals surface area contributed by atoms with E-state index < -0.39 is 0 Å². The molecule has 0 aliphatic rings. The van der Waals surface area contributed by atoms with Crippen LogP contribution in [0.15, 0.2) is 65.5 Å². The molecule has 0 saturated heterocycles. The average Bonchev–Trinajstić information content (AvgIpc) is 3.31. The van der Waals surface area contributed by atoms with Crippen LogP contribution < -0.4 is 10.6 Å². The van der Waals surface area contributed by atoms with Gasteiger partial charge < -0.3 is 10.6 Å². The Bertz CT molecular complexity index is 1250. The summed E-state index contributed by atoms with van der Waals surface area (Å²) in [4.78, 5) is 0. The van der Waals surface area contributed by atoms with Crippen molar-refractivity contribution in [3.05, 3.63) is 92.3 Å². The van der Waals surface area contributed by atoms with Crippen LogP contribution in [0, 0.1) is 6.92 Å². The van der Waals surface area contributed by atoms with Gasteiger partial charge in [-0.3, -0.25) is 9.36 Å². The van der Waals surface area contributed by atoms with E-state index in [0.29, 0.717) is 34.1 Å². The van der Waals surface area contributed by atoms with E-state index in [1.165, 1.54) is 11.1 Å². The number of aromatic nitrogens is 4. The second-order valence-electron chi connectivity index (χ2n) is 7.25. The molecule has 2 aromatic heterocycles. The molecule has 4 rings (SSSR count). The molecule has 2 aromatic carbocycles. The number of halogens is 3. The van der Waals surface area contributed by atoms with Crippen LogP contribution >= 0.6 is 51.3 Å². The molecule has 2 heterocycles. The van der Waals surface area contributed by atoms with Crippen molar-refractivity contribution < 1.29 is 0 Å². The van der Waals surface area contributed by atoms with Crippen molar-refractivity contribution >= 4 is 68.0 Å². The summed E-state index contributed by atoms with van der Waals surface area (Å²) < 4.78 is 4.45. The first kappa shape index (κ1) is 22.8. The van der Waals surface area contributed by atoms with E-state index in [2.05, 4.69) is 68.0 Å². The first-order valence-electron chi connectivity index (χ1n) is 9.68. The molecule has 164 valence electrons. The predicted molar refractivity (Wildman–Crippen MR) is 138 cm³/mol. The number of nitrogens with zero attached hydrogens (tertiary/aromatic N) is 4. The third-order valence-corrected chi connectivity index (χ3v) is 6.02.